The summed E-state index contributed by atoms with van der Waals surface area (Å²) in [6.45, 7) is 2.30. The quantitative estimate of drug-likeness (QED) is 0.439. The van der Waals surface area contributed by atoms with Gasteiger partial charge in [0.15, 0.2) is 0 Å². The predicted molar refractivity (Wildman–Crippen MR) is 107 cm³/mol. The Kier molecular flexibility index (Phi) is 5.21. The molecule has 1 aliphatic heterocycles. The molecule has 4 nitrogen and oxygen atoms in total. The average molecular weight is 417 g/mol. The highest BCUT2D eigenvalue weighted by molar-refractivity contribution is 8.00. The number of hydrogen-bond acceptors (Lipinski definition) is 4. The summed E-state index contributed by atoms with van der Waals surface area (Å²) in [5, 5.41) is 0.0683. The first-order valence-corrected chi connectivity index (χ1v) is 10.1. The Morgan fingerprint density at radius 1 is 1.10 bits per heavy atom. The largest absolute Gasteiger partial charge is 0.451 e. The zero-order valence-electron chi connectivity index (χ0n) is 15.6. The summed E-state index contributed by atoms with van der Waals surface area (Å²) in [7, 11) is 0. The Bertz CT molecular complexity index is 1070. The molecule has 29 heavy (non-hydrogen) atoms. The number of fused-ring (bicyclic) bond motifs is 2. The van der Waals surface area contributed by atoms with Crippen molar-refractivity contribution < 1.29 is 18.0 Å². The second-order valence-corrected chi connectivity index (χ2v) is 8.18. The molecule has 2 heterocycles. The molecule has 0 bridgehead atoms. The number of amides is 1. The highest BCUT2D eigenvalue weighted by atomic mass is 32.2. The van der Waals surface area contributed by atoms with Gasteiger partial charge in [0, 0.05) is 17.6 Å². The van der Waals surface area contributed by atoms with Crippen molar-refractivity contribution in [2.24, 2.45) is 0 Å². The highest BCUT2D eigenvalue weighted by Gasteiger charge is 2.36. The number of benzene rings is 2. The van der Waals surface area contributed by atoms with E-state index in [1.807, 2.05) is 24.3 Å². The molecule has 0 fully saturated rings. The summed E-state index contributed by atoms with van der Waals surface area (Å²) in [4.78, 5) is 22.2. The van der Waals surface area contributed by atoms with Crippen molar-refractivity contribution in [3.63, 3.8) is 0 Å². The average Bonchev–Trinajstić information content (AvgIpc) is 2.72. The zero-order valence-corrected chi connectivity index (χ0v) is 16.4. The van der Waals surface area contributed by atoms with Crippen molar-refractivity contribution >= 4 is 34.3 Å². The summed E-state index contributed by atoms with van der Waals surface area (Å²) >= 11 is 1.04. The molecule has 150 valence electrons. The Hall–Kier alpha value is -2.61. The Morgan fingerprint density at radius 3 is 2.62 bits per heavy atom. The second-order valence-electron chi connectivity index (χ2n) is 6.85. The van der Waals surface area contributed by atoms with Crippen LogP contribution in [0, 0.1) is 0 Å². The molecule has 0 radical (unpaired) electrons. The van der Waals surface area contributed by atoms with Gasteiger partial charge in [-0.1, -0.05) is 48.2 Å². The number of carbonyl (C=O) groups is 1. The molecule has 1 aromatic heterocycles. The number of alkyl halides is 3. The fourth-order valence-corrected chi connectivity index (χ4v) is 4.47. The van der Waals surface area contributed by atoms with E-state index in [1.54, 1.807) is 30.0 Å². The van der Waals surface area contributed by atoms with Gasteiger partial charge in [0.2, 0.25) is 11.7 Å². The van der Waals surface area contributed by atoms with E-state index in [0.717, 1.165) is 35.9 Å². The van der Waals surface area contributed by atoms with Gasteiger partial charge in [0.25, 0.3) is 0 Å². The van der Waals surface area contributed by atoms with Crippen LogP contribution in [-0.4, -0.2) is 27.7 Å². The number of nitrogens with zero attached hydrogens (tertiary/aromatic N) is 3. The third kappa shape index (κ3) is 3.94. The Labute approximate surface area is 170 Å². The molecular formula is C21H18F3N3OS. The van der Waals surface area contributed by atoms with Gasteiger partial charge >= 0.3 is 6.18 Å². The maximum Gasteiger partial charge on any atom is 0.451 e. The predicted octanol–water partition coefficient (Wildman–Crippen LogP) is 5.11. The summed E-state index contributed by atoms with van der Waals surface area (Å²) < 4.78 is 39.7. The van der Waals surface area contributed by atoms with Gasteiger partial charge in [0.05, 0.1) is 10.8 Å². The molecule has 0 saturated heterocycles. The Balaban J connectivity index is 1.66. The minimum Gasteiger partial charge on any atom is -0.311 e. The molecule has 0 aliphatic carbocycles. The summed E-state index contributed by atoms with van der Waals surface area (Å²) in [5.74, 6) is -1.33. The first-order valence-electron chi connectivity index (χ1n) is 9.24. The SMILES string of the molecule is C[C@H](Sc1nc(C(F)(F)F)nc2ccccc12)C(=O)N1CCCc2ccccc21. The normalized spacial score (nSPS) is 15.2. The molecule has 1 atom stereocenters. The fourth-order valence-electron chi connectivity index (χ4n) is 3.46. The van der Waals surface area contributed by atoms with Gasteiger partial charge in [0.1, 0.15) is 5.03 Å². The van der Waals surface area contributed by atoms with Crippen LogP contribution < -0.4 is 4.90 Å². The molecule has 1 amide bonds. The number of hydrogen-bond donors (Lipinski definition) is 0. The van der Waals surface area contributed by atoms with Gasteiger partial charge in [-0.3, -0.25) is 4.79 Å². The van der Waals surface area contributed by atoms with E-state index in [4.69, 9.17) is 0 Å². The fraction of sp³-hybridized carbons (Fsp3) is 0.286. The lowest BCUT2D eigenvalue weighted by Crippen LogP contribution is -2.40. The van der Waals surface area contributed by atoms with Crippen LogP contribution >= 0.6 is 11.8 Å². The summed E-state index contributed by atoms with van der Waals surface area (Å²) in [5.41, 5.74) is 2.19. The summed E-state index contributed by atoms with van der Waals surface area (Å²) in [6.07, 6.45) is -2.89. The topological polar surface area (TPSA) is 46.1 Å². The van der Waals surface area contributed by atoms with E-state index in [1.165, 1.54) is 6.07 Å². The molecule has 0 unspecified atom stereocenters. The van der Waals surface area contributed by atoms with E-state index in [-0.39, 0.29) is 16.4 Å². The lowest BCUT2D eigenvalue weighted by atomic mass is 10.0. The maximum atomic E-state index is 13.2. The smallest absolute Gasteiger partial charge is 0.311 e. The number of thioether (sulfide) groups is 1. The third-order valence-corrected chi connectivity index (χ3v) is 5.92. The van der Waals surface area contributed by atoms with Crippen LogP contribution in [0.3, 0.4) is 0 Å². The number of rotatable bonds is 3. The van der Waals surface area contributed by atoms with Crippen LogP contribution in [0.4, 0.5) is 18.9 Å². The lowest BCUT2D eigenvalue weighted by molar-refractivity contribution is -0.145. The molecular weight excluding hydrogens is 399 g/mol. The van der Waals surface area contributed by atoms with Gasteiger partial charge in [-0.05, 0) is 37.5 Å². The summed E-state index contributed by atoms with van der Waals surface area (Å²) in [6, 6.07) is 14.3. The molecule has 8 heteroatoms. The molecule has 0 spiro atoms. The van der Waals surface area contributed by atoms with Crippen molar-refractivity contribution in [1.29, 1.82) is 0 Å². The molecule has 1 aliphatic rings. The van der Waals surface area contributed by atoms with Gasteiger partial charge < -0.3 is 4.90 Å². The number of para-hydroxylation sites is 2. The van der Waals surface area contributed by atoms with Crippen LogP contribution in [0.5, 0.6) is 0 Å². The molecule has 0 N–H and O–H groups in total. The second kappa shape index (κ2) is 7.67. The number of aromatic nitrogens is 2. The first-order chi connectivity index (χ1) is 13.8. The van der Waals surface area contributed by atoms with Crippen molar-refractivity contribution in [3.8, 4) is 0 Å². The third-order valence-electron chi connectivity index (χ3n) is 4.83. The molecule has 0 saturated carbocycles. The van der Waals surface area contributed by atoms with Crippen LogP contribution in [-0.2, 0) is 17.4 Å². The monoisotopic (exact) mass is 417 g/mol. The van der Waals surface area contributed by atoms with E-state index in [2.05, 4.69) is 9.97 Å². The Morgan fingerprint density at radius 2 is 1.83 bits per heavy atom. The molecule has 4 rings (SSSR count). The van der Waals surface area contributed by atoms with Crippen LogP contribution in [0.2, 0.25) is 0 Å². The van der Waals surface area contributed by atoms with E-state index in [0.29, 0.717) is 11.9 Å². The number of aryl methyl sites for hydroxylation is 1. The highest BCUT2D eigenvalue weighted by Crippen LogP contribution is 2.35. The van der Waals surface area contributed by atoms with Gasteiger partial charge in [-0.25, -0.2) is 9.97 Å². The van der Waals surface area contributed by atoms with Crippen molar-refractivity contribution in [3.05, 3.63) is 59.9 Å². The standard InChI is InChI=1S/C21H18F3N3OS/c1-13(19(28)27-12-6-8-14-7-2-5-11-17(14)27)29-18-15-9-3-4-10-16(15)25-20(26-18)21(22,23)24/h2-5,7,9-11,13H,6,8,12H2,1H3/t13-/m0/s1. The zero-order chi connectivity index (χ0) is 20.6. The van der Waals surface area contributed by atoms with Crippen molar-refractivity contribution in [1.82, 2.24) is 9.97 Å². The number of anilines is 1. The van der Waals surface area contributed by atoms with Gasteiger partial charge in [-0.15, -0.1) is 0 Å². The number of halogens is 3. The molecule has 2 aromatic carbocycles. The molecule has 3 aromatic rings. The van der Waals surface area contributed by atoms with Crippen LogP contribution in [0.25, 0.3) is 10.9 Å². The minimum atomic E-state index is -4.65. The maximum absolute atomic E-state index is 13.2. The van der Waals surface area contributed by atoms with Crippen molar-refractivity contribution in [2.75, 3.05) is 11.4 Å². The van der Waals surface area contributed by atoms with E-state index >= 15 is 0 Å². The van der Waals surface area contributed by atoms with E-state index < -0.39 is 17.3 Å². The van der Waals surface area contributed by atoms with Gasteiger partial charge in [-0.2, -0.15) is 13.2 Å². The van der Waals surface area contributed by atoms with Crippen LogP contribution in [0.15, 0.2) is 53.6 Å². The van der Waals surface area contributed by atoms with Crippen LogP contribution in [0.1, 0.15) is 24.7 Å². The first kappa shape index (κ1) is 19.7. The minimum absolute atomic E-state index is 0.140. The van der Waals surface area contributed by atoms with E-state index in [9.17, 15) is 18.0 Å². The van der Waals surface area contributed by atoms with Crippen molar-refractivity contribution in [2.45, 2.75) is 36.2 Å². The lowest BCUT2D eigenvalue weighted by Gasteiger charge is -2.31. The number of carbonyl (C=O) groups excluding carboxylic acids is 1.